The lowest BCUT2D eigenvalue weighted by Crippen LogP contribution is -2.41. The van der Waals surface area contributed by atoms with Crippen molar-refractivity contribution in [3.63, 3.8) is 0 Å². The maximum atomic E-state index is 12.8. The van der Waals surface area contributed by atoms with Crippen LogP contribution in [0.15, 0.2) is 18.2 Å². The van der Waals surface area contributed by atoms with Gasteiger partial charge in [-0.2, -0.15) is 13.2 Å². The van der Waals surface area contributed by atoms with E-state index >= 15 is 0 Å². The summed E-state index contributed by atoms with van der Waals surface area (Å²) in [6.45, 7) is 4.42. The zero-order chi connectivity index (χ0) is 16.4. The summed E-state index contributed by atoms with van der Waals surface area (Å²) >= 11 is 0. The van der Waals surface area contributed by atoms with E-state index in [1.54, 1.807) is 0 Å². The average molecular weight is 304 g/mol. The van der Waals surface area contributed by atoms with Crippen LogP contribution in [0.25, 0.3) is 0 Å². The van der Waals surface area contributed by atoms with Crippen molar-refractivity contribution < 1.29 is 23.1 Å². The van der Waals surface area contributed by atoms with E-state index in [-0.39, 0.29) is 17.8 Å². The monoisotopic (exact) mass is 304 g/mol. The number of alkyl halides is 3. The molecule has 2 N–H and O–H groups in total. The second-order valence-electron chi connectivity index (χ2n) is 5.57. The molecule has 0 bridgehead atoms. The molecule has 1 aromatic rings. The normalized spacial score (nSPS) is 12.2. The van der Waals surface area contributed by atoms with Crippen molar-refractivity contribution in [1.82, 2.24) is 4.90 Å². The van der Waals surface area contributed by atoms with Crippen LogP contribution in [0.3, 0.4) is 0 Å². The van der Waals surface area contributed by atoms with Crippen LogP contribution in [-0.4, -0.2) is 35.2 Å². The molecular weight excluding hydrogens is 285 g/mol. The highest BCUT2D eigenvalue weighted by molar-refractivity contribution is 5.90. The Bertz CT molecular complexity index is 522. The first-order chi connectivity index (χ1) is 9.42. The quantitative estimate of drug-likeness (QED) is 0.900. The molecule has 0 unspecified atom stereocenters. The highest BCUT2D eigenvalue weighted by Crippen LogP contribution is 2.34. The van der Waals surface area contributed by atoms with Gasteiger partial charge in [-0.05, 0) is 38.5 Å². The fourth-order valence-electron chi connectivity index (χ4n) is 1.94. The number of carbonyl (C=O) groups excluding carboxylic acids is 1. The molecule has 1 rings (SSSR count). The summed E-state index contributed by atoms with van der Waals surface area (Å²) in [6, 6.07) is 3.02. The van der Waals surface area contributed by atoms with Crippen LogP contribution in [0.1, 0.15) is 25.0 Å². The van der Waals surface area contributed by atoms with Crippen molar-refractivity contribution in [1.29, 1.82) is 0 Å². The van der Waals surface area contributed by atoms with E-state index in [9.17, 15) is 23.1 Å². The Morgan fingerprint density at radius 1 is 1.33 bits per heavy atom. The zero-order valence-corrected chi connectivity index (χ0v) is 12.4. The Morgan fingerprint density at radius 3 is 2.38 bits per heavy atom. The van der Waals surface area contributed by atoms with Crippen LogP contribution in [0.4, 0.5) is 23.7 Å². The Balaban J connectivity index is 2.92. The fourth-order valence-corrected chi connectivity index (χ4v) is 1.94. The van der Waals surface area contributed by atoms with E-state index in [1.807, 2.05) is 0 Å². The SMILES string of the molecule is Cc1c(NC(=O)N(C)CC(C)(C)O)cccc1C(F)(F)F. The summed E-state index contributed by atoms with van der Waals surface area (Å²) in [4.78, 5) is 13.1. The number of nitrogens with zero attached hydrogens (tertiary/aromatic N) is 1. The van der Waals surface area contributed by atoms with Gasteiger partial charge in [0, 0.05) is 12.7 Å². The molecule has 0 saturated heterocycles. The van der Waals surface area contributed by atoms with Crippen molar-refractivity contribution in [3.8, 4) is 0 Å². The second-order valence-corrected chi connectivity index (χ2v) is 5.57. The first-order valence-corrected chi connectivity index (χ1v) is 6.33. The van der Waals surface area contributed by atoms with Gasteiger partial charge in [0.1, 0.15) is 0 Å². The molecule has 0 fully saturated rings. The number of urea groups is 1. The standard InChI is InChI=1S/C14H19F3N2O2/c1-9-10(14(15,16)17)6-5-7-11(9)18-12(20)19(4)8-13(2,3)21/h5-7,21H,8H2,1-4H3,(H,18,20). The molecule has 1 aromatic carbocycles. The largest absolute Gasteiger partial charge is 0.416 e. The molecule has 21 heavy (non-hydrogen) atoms. The fraction of sp³-hybridized carbons (Fsp3) is 0.500. The maximum Gasteiger partial charge on any atom is 0.416 e. The van der Waals surface area contributed by atoms with Gasteiger partial charge in [0.05, 0.1) is 17.7 Å². The summed E-state index contributed by atoms with van der Waals surface area (Å²) in [5, 5.41) is 12.1. The number of benzene rings is 1. The molecule has 0 radical (unpaired) electrons. The number of carbonyl (C=O) groups is 1. The number of halogens is 3. The third-order valence-corrected chi connectivity index (χ3v) is 2.85. The van der Waals surface area contributed by atoms with E-state index in [1.165, 1.54) is 44.9 Å². The summed E-state index contributed by atoms with van der Waals surface area (Å²) in [7, 11) is 1.45. The van der Waals surface area contributed by atoms with Crippen LogP contribution in [0.5, 0.6) is 0 Å². The predicted molar refractivity (Wildman–Crippen MR) is 74.1 cm³/mol. The molecule has 4 nitrogen and oxygen atoms in total. The van der Waals surface area contributed by atoms with E-state index in [2.05, 4.69) is 5.32 Å². The van der Waals surface area contributed by atoms with E-state index in [0.717, 1.165) is 6.07 Å². The highest BCUT2D eigenvalue weighted by atomic mass is 19.4. The van der Waals surface area contributed by atoms with Gasteiger partial charge >= 0.3 is 12.2 Å². The summed E-state index contributed by atoms with van der Waals surface area (Å²) in [6.07, 6.45) is -4.47. The molecule has 0 aromatic heterocycles. The lowest BCUT2D eigenvalue weighted by Gasteiger charge is -2.26. The van der Waals surface area contributed by atoms with E-state index in [0.29, 0.717) is 0 Å². The number of nitrogens with one attached hydrogen (secondary N) is 1. The molecule has 0 heterocycles. The van der Waals surface area contributed by atoms with E-state index in [4.69, 9.17) is 0 Å². The maximum absolute atomic E-state index is 12.8. The number of likely N-dealkylation sites (N-methyl/N-ethyl adjacent to an activating group) is 1. The van der Waals surface area contributed by atoms with Gasteiger partial charge in [-0.1, -0.05) is 6.07 Å². The lowest BCUT2D eigenvalue weighted by atomic mass is 10.1. The number of amides is 2. The molecule has 0 aliphatic heterocycles. The van der Waals surface area contributed by atoms with Crippen LogP contribution in [0.2, 0.25) is 0 Å². The van der Waals surface area contributed by atoms with Crippen LogP contribution in [0, 0.1) is 6.92 Å². The predicted octanol–water partition coefficient (Wildman–Crippen LogP) is 3.25. The summed E-state index contributed by atoms with van der Waals surface area (Å²) in [5.74, 6) is 0. The Labute approximate surface area is 121 Å². The molecule has 0 atom stereocenters. The topological polar surface area (TPSA) is 52.6 Å². The van der Waals surface area contributed by atoms with Gasteiger partial charge in [-0.25, -0.2) is 4.79 Å². The number of hydrogen-bond donors (Lipinski definition) is 2. The van der Waals surface area contributed by atoms with Crippen molar-refractivity contribution in [2.75, 3.05) is 18.9 Å². The number of aliphatic hydroxyl groups is 1. The van der Waals surface area contributed by atoms with E-state index < -0.39 is 23.4 Å². The summed E-state index contributed by atoms with van der Waals surface area (Å²) in [5.41, 5.74) is -1.83. The van der Waals surface area contributed by atoms with Crippen molar-refractivity contribution in [3.05, 3.63) is 29.3 Å². The van der Waals surface area contributed by atoms with Crippen LogP contribution in [-0.2, 0) is 6.18 Å². The molecule has 2 amide bonds. The smallest absolute Gasteiger partial charge is 0.389 e. The molecule has 0 aliphatic rings. The first kappa shape index (κ1) is 17.3. The molecule has 7 heteroatoms. The van der Waals surface area contributed by atoms with Gasteiger partial charge in [-0.15, -0.1) is 0 Å². The van der Waals surface area contributed by atoms with Crippen molar-refractivity contribution in [2.24, 2.45) is 0 Å². The Kier molecular flexibility index (Phi) is 4.88. The zero-order valence-electron chi connectivity index (χ0n) is 12.4. The number of anilines is 1. The molecule has 0 aliphatic carbocycles. The van der Waals surface area contributed by atoms with Gasteiger partial charge in [0.25, 0.3) is 0 Å². The van der Waals surface area contributed by atoms with Crippen LogP contribution < -0.4 is 5.32 Å². The highest BCUT2D eigenvalue weighted by Gasteiger charge is 2.33. The molecule has 0 saturated carbocycles. The molecule has 118 valence electrons. The average Bonchev–Trinajstić information content (AvgIpc) is 2.27. The van der Waals surface area contributed by atoms with Crippen molar-refractivity contribution >= 4 is 11.7 Å². The van der Waals surface area contributed by atoms with Crippen molar-refractivity contribution in [2.45, 2.75) is 32.5 Å². The minimum Gasteiger partial charge on any atom is -0.389 e. The van der Waals surface area contributed by atoms with Gasteiger partial charge in [0.15, 0.2) is 0 Å². The molecule has 0 spiro atoms. The minimum atomic E-state index is -4.47. The van der Waals surface area contributed by atoms with Gasteiger partial charge < -0.3 is 15.3 Å². The third kappa shape index (κ3) is 4.93. The van der Waals surface area contributed by atoms with Gasteiger partial charge in [0.2, 0.25) is 0 Å². The Hall–Kier alpha value is -1.76. The molecular formula is C14H19F3N2O2. The third-order valence-electron chi connectivity index (χ3n) is 2.85. The number of hydrogen-bond acceptors (Lipinski definition) is 2. The van der Waals surface area contributed by atoms with Gasteiger partial charge in [-0.3, -0.25) is 0 Å². The lowest BCUT2D eigenvalue weighted by molar-refractivity contribution is -0.138. The summed E-state index contributed by atoms with van der Waals surface area (Å²) < 4.78 is 38.4. The van der Waals surface area contributed by atoms with Crippen LogP contribution >= 0.6 is 0 Å². The minimum absolute atomic E-state index is 0.0463. The second kappa shape index (κ2) is 5.93. The number of rotatable bonds is 3. The Morgan fingerprint density at radius 2 is 1.90 bits per heavy atom. The first-order valence-electron chi connectivity index (χ1n) is 6.33.